The third-order valence-electron chi connectivity index (χ3n) is 3.60. The molecule has 0 bridgehead atoms. The summed E-state index contributed by atoms with van der Waals surface area (Å²) in [7, 11) is 0. The molecular weight excluding hydrogens is 158 g/mol. The lowest BCUT2D eigenvalue weighted by Gasteiger charge is -2.37. The van der Waals surface area contributed by atoms with Crippen molar-refractivity contribution in [3.8, 4) is 0 Å². The third kappa shape index (κ3) is 2.46. The second-order valence-electron chi connectivity index (χ2n) is 5.09. The predicted octanol–water partition coefficient (Wildman–Crippen LogP) is 3.20. The van der Waals surface area contributed by atoms with Gasteiger partial charge in [0.1, 0.15) is 0 Å². The van der Waals surface area contributed by atoms with Crippen LogP contribution in [0.4, 0.5) is 0 Å². The summed E-state index contributed by atoms with van der Waals surface area (Å²) in [5, 5.41) is 3.75. The highest BCUT2D eigenvalue weighted by Gasteiger charge is 2.37. The van der Waals surface area contributed by atoms with Gasteiger partial charge in [0, 0.05) is 5.54 Å². The third-order valence-corrected chi connectivity index (χ3v) is 3.60. The first-order valence-corrected chi connectivity index (χ1v) is 5.85. The van der Waals surface area contributed by atoms with E-state index in [1.807, 2.05) is 0 Å². The SMILES string of the molecule is CCC(C)C1(CC(C)C)CCCN1. The Labute approximate surface area is 83.3 Å². The zero-order chi connectivity index (χ0) is 9.90. The Morgan fingerprint density at radius 1 is 1.31 bits per heavy atom. The van der Waals surface area contributed by atoms with Gasteiger partial charge in [-0.15, -0.1) is 0 Å². The van der Waals surface area contributed by atoms with E-state index in [-0.39, 0.29) is 0 Å². The van der Waals surface area contributed by atoms with Crippen molar-refractivity contribution in [1.82, 2.24) is 5.32 Å². The largest absolute Gasteiger partial charge is 0.311 e. The van der Waals surface area contributed by atoms with Gasteiger partial charge in [-0.05, 0) is 37.6 Å². The zero-order valence-electron chi connectivity index (χ0n) is 9.69. The summed E-state index contributed by atoms with van der Waals surface area (Å²) >= 11 is 0. The minimum Gasteiger partial charge on any atom is -0.311 e. The Hall–Kier alpha value is -0.0400. The molecule has 1 aliphatic rings. The van der Waals surface area contributed by atoms with Crippen LogP contribution in [-0.2, 0) is 0 Å². The van der Waals surface area contributed by atoms with Crippen LogP contribution in [0.1, 0.15) is 53.4 Å². The molecule has 13 heavy (non-hydrogen) atoms. The molecule has 1 nitrogen and oxygen atoms in total. The Balaban J connectivity index is 2.62. The molecule has 2 atom stereocenters. The molecule has 1 N–H and O–H groups in total. The molecule has 0 aromatic heterocycles. The maximum atomic E-state index is 3.75. The predicted molar refractivity (Wildman–Crippen MR) is 58.9 cm³/mol. The molecule has 0 spiro atoms. The second kappa shape index (κ2) is 4.45. The highest BCUT2D eigenvalue weighted by molar-refractivity contribution is 4.96. The first-order valence-electron chi connectivity index (χ1n) is 5.85. The average molecular weight is 183 g/mol. The summed E-state index contributed by atoms with van der Waals surface area (Å²) in [5.74, 6) is 1.65. The van der Waals surface area contributed by atoms with Crippen molar-refractivity contribution in [2.45, 2.75) is 58.9 Å². The van der Waals surface area contributed by atoms with Crippen LogP contribution in [0.5, 0.6) is 0 Å². The van der Waals surface area contributed by atoms with Gasteiger partial charge < -0.3 is 5.32 Å². The Morgan fingerprint density at radius 2 is 2.00 bits per heavy atom. The Bertz CT molecular complexity index is 145. The molecule has 0 radical (unpaired) electrons. The minimum atomic E-state index is 0.475. The van der Waals surface area contributed by atoms with Crippen molar-refractivity contribution in [3.05, 3.63) is 0 Å². The molecule has 0 aromatic carbocycles. The van der Waals surface area contributed by atoms with Crippen LogP contribution in [0.25, 0.3) is 0 Å². The van der Waals surface area contributed by atoms with Crippen molar-refractivity contribution < 1.29 is 0 Å². The van der Waals surface area contributed by atoms with Crippen molar-refractivity contribution in [1.29, 1.82) is 0 Å². The minimum absolute atomic E-state index is 0.475. The van der Waals surface area contributed by atoms with E-state index < -0.39 is 0 Å². The maximum Gasteiger partial charge on any atom is 0.0209 e. The summed E-state index contributed by atoms with van der Waals surface area (Å²) in [6, 6.07) is 0. The molecule has 2 unspecified atom stereocenters. The van der Waals surface area contributed by atoms with Gasteiger partial charge in [-0.3, -0.25) is 0 Å². The summed E-state index contributed by atoms with van der Waals surface area (Å²) in [6.07, 6.45) is 5.42. The van der Waals surface area contributed by atoms with Crippen LogP contribution in [0.2, 0.25) is 0 Å². The van der Waals surface area contributed by atoms with Crippen LogP contribution in [0, 0.1) is 11.8 Å². The van der Waals surface area contributed by atoms with Gasteiger partial charge in [0.2, 0.25) is 0 Å². The molecule has 1 fully saturated rings. The fourth-order valence-electron chi connectivity index (χ4n) is 2.74. The Kier molecular flexibility index (Phi) is 3.78. The van der Waals surface area contributed by atoms with E-state index in [1.54, 1.807) is 0 Å². The number of hydrogen-bond acceptors (Lipinski definition) is 1. The molecule has 78 valence electrons. The summed E-state index contributed by atoms with van der Waals surface area (Å²) < 4.78 is 0. The van der Waals surface area contributed by atoms with Gasteiger partial charge in [-0.1, -0.05) is 34.1 Å². The van der Waals surface area contributed by atoms with Crippen LogP contribution in [0.15, 0.2) is 0 Å². The van der Waals surface area contributed by atoms with Gasteiger partial charge in [0.15, 0.2) is 0 Å². The van der Waals surface area contributed by atoms with Crippen molar-refractivity contribution in [2.24, 2.45) is 11.8 Å². The lowest BCUT2D eigenvalue weighted by Crippen LogP contribution is -2.46. The highest BCUT2D eigenvalue weighted by Crippen LogP contribution is 2.35. The topological polar surface area (TPSA) is 12.0 Å². The van der Waals surface area contributed by atoms with Crippen LogP contribution >= 0.6 is 0 Å². The van der Waals surface area contributed by atoms with Gasteiger partial charge in [0.05, 0.1) is 0 Å². The quantitative estimate of drug-likeness (QED) is 0.706. The summed E-state index contributed by atoms with van der Waals surface area (Å²) in [5.41, 5.74) is 0.475. The number of nitrogens with one attached hydrogen (secondary N) is 1. The highest BCUT2D eigenvalue weighted by atomic mass is 15.0. The van der Waals surface area contributed by atoms with E-state index in [4.69, 9.17) is 0 Å². The molecule has 0 aromatic rings. The molecule has 1 rings (SSSR count). The fraction of sp³-hybridized carbons (Fsp3) is 1.00. The molecular formula is C12H25N. The zero-order valence-corrected chi connectivity index (χ0v) is 9.69. The smallest absolute Gasteiger partial charge is 0.0209 e. The monoisotopic (exact) mass is 183 g/mol. The van der Waals surface area contributed by atoms with Crippen molar-refractivity contribution in [3.63, 3.8) is 0 Å². The van der Waals surface area contributed by atoms with Crippen LogP contribution < -0.4 is 5.32 Å². The fourth-order valence-corrected chi connectivity index (χ4v) is 2.74. The van der Waals surface area contributed by atoms with Gasteiger partial charge in [0.25, 0.3) is 0 Å². The Morgan fingerprint density at radius 3 is 2.38 bits per heavy atom. The molecule has 1 saturated heterocycles. The molecule has 0 saturated carbocycles. The van der Waals surface area contributed by atoms with E-state index in [0.717, 1.165) is 11.8 Å². The lowest BCUT2D eigenvalue weighted by molar-refractivity contribution is 0.205. The normalized spacial score (nSPS) is 31.2. The molecule has 0 aliphatic carbocycles. The van der Waals surface area contributed by atoms with Crippen LogP contribution in [-0.4, -0.2) is 12.1 Å². The first-order chi connectivity index (χ1) is 6.10. The number of hydrogen-bond donors (Lipinski definition) is 1. The van der Waals surface area contributed by atoms with Crippen molar-refractivity contribution in [2.75, 3.05) is 6.54 Å². The van der Waals surface area contributed by atoms with Crippen molar-refractivity contribution >= 4 is 0 Å². The first kappa shape index (κ1) is 11.0. The average Bonchev–Trinajstić information content (AvgIpc) is 2.51. The van der Waals surface area contributed by atoms with Gasteiger partial charge in [-0.2, -0.15) is 0 Å². The van der Waals surface area contributed by atoms with E-state index >= 15 is 0 Å². The van der Waals surface area contributed by atoms with Gasteiger partial charge >= 0.3 is 0 Å². The van der Waals surface area contributed by atoms with E-state index in [1.165, 1.54) is 32.2 Å². The standard InChI is InChI=1S/C12H25N/c1-5-11(4)12(9-10(2)3)7-6-8-13-12/h10-11,13H,5-9H2,1-4H3. The van der Waals surface area contributed by atoms with Crippen LogP contribution in [0.3, 0.4) is 0 Å². The molecule has 1 heteroatoms. The molecule has 1 heterocycles. The lowest BCUT2D eigenvalue weighted by atomic mass is 9.76. The van der Waals surface area contributed by atoms with E-state index in [0.29, 0.717) is 5.54 Å². The maximum absolute atomic E-state index is 3.75. The molecule has 0 amide bonds. The number of rotatable bonds is 4. The van der Waals surface area contributed by atoms with Gasteiger partial charge in [-0.25, -0.2) is 0 Å². The summed E-state index contributed by atoms with van der Waals surface area (Å²) in [4.78, 5) is 0. The summed E-state index contributed by atoms with van der Waals surface area (Å²) in [6.45, 7) is 10.6. The van der Waals surface area contributed by atoms with E-state index in [2.05, 4.69) is 33.0 Å². The van der Waals surface area contributed by atoms with E-state index in [9.17, 15) is 0 Å². The molecule has 1 aliphatic heterocycles. The second-order valence-corrected chi connectivity index (χ2v) is 5.09.